The molecule has 0 fully saturated rings. The Morgan fingerprint density at radius 1 is 1.16 bits per heavy atom. The molecule has 0 heterocycles. The number of carbonyl (C=O) groups excluding carboxylic acids is 1. The van der Waals surface area contributed by atoms with E-state index >= 15 is 0 Å². The lowest BCUT2D eigenvalue weighted by atomic mass is 9.86. The first kappa shape index (κ1) is 12.4. The van der Waals surface area contributed by atoms with Gasteiger partial charge in [-0.05, 0) is 53.1 Å². The first-order valence-corrected chi connectivity index (χ1v) is 7.23. The zero-order chi connectivity index (χ0) is 13.4. The molecule has 0 unspecified atom stereocenters. The van der Waals surface area contributed by atoms with Gasteiger partial charge in [0, 0.05) is 12.0 Å². The van der Waals surface area contributed by atoms with E-state index in [1.54, 1.807) is 0 Å². The van der Waals surface area contributed by atoms with E-state index in [-0.39, 0.29) is 0 Å². The van der Waals surface area contributed by atoms with Crippen LogP contribution < -0.4 is 0 Å². The third kappa shape index (κ3) is 2.30. The maximum Gasteiger partial charge on any atom is 0.163 e. The lowest BCUT2D eigenvalue weighted by molar-refractivity contribution is 0.0972. The molecule has 0 atom stereocenters. The molecule has 0 aromatic heterocycles. The number of fused-ring (bicyclic) bond motifs is 2. The van der Waals surface area contributed by atoms with Gasteiger partial charge in [0.2, 0.25) is 0 Å². The number of hydrogen-bond acceptors (Lipinski definition) is 1. The molecule has 0 saturated carbocycles. The molecule has 0 radical (unpaired) electrons. The summed E-state index contributed by atoms with van der Waals surface area (Å²) in [5.41, 5.74) is 3.58. The molecular weight excluding hydrogens is 232 g/mol. The Labute approximate surface area is 114 Å². The maximum absolute atomic E-state index is 12.1. The third-order valence-corrected chi connectivity index (χ3v) is 3.97. The number of ketones is 1. The summed E-state index contributed by atoms with van der Waals surface area (Å²) in [5.74, 6) is 0.958. The van der Waals surface area contributed by atoms with Gasteiger partial charge in [0.25, 0.3) is 0 Å². The van der Waals surface area contributed by atoms with Crippen LogP contribution in [0.4, 0.5) is 0 Å². The highest BCUT2D eigenvalue weighted by atomic mass is 16.1. The summed E-state index contributed by atoms with van der Waals surface area (Å²) in [5, 5.41) is 2.55. The summed E-state index contributed by atoms with van der Waals surface area (Å²) in [6.07, 6.45) is 3.84. The highest BCUT2D eigenvalue weighted by Crippen LogP contribution is 2.29. The summed E-state index contributed by atoms with van der Waals surface area (Å²) >= 11 is 0. The van der Waals surface area contributed by atoms with Crippen LogP contribution in [0.25, 0.3) is 10.8 Å². The predicted molar refractivity (Wildman–Crippen MR) is 79.8 cm³/mol. The summed E-state index contributed by atoms with van der Waals surface area (Å²) < 4.78 is 0. The molecule has 0 bridgehead atoms. The van der Waals surface area contributed by atoms with Crippen molar-refractivity contribution in [3.63, 3.8) is 0 Å². The molecular formula is C18H20O. The summed E-state index contributed by atoms with van der Waals surface area (Å²) in [6, 6.07) is 10.9. The largest absolute Gasteiger partial charge is 0.294 e. The van der Waals surface area contributed by atoms with E-state index in [0.29, 0.717) is 18.1 Å². The van der Waals surface area contributed by atoms with E-state index in [1.807, 2.05) is 0 Å². The van der Waals surface area contributed by atoms with Crippen molar-refractivity contribution in [1.82, 2.24) is 0 Å². The zero-order valence-electron chi connectivity index (χ0n) is 11.7. The summed E-state index contributed by atoms with van der Waals surface area (Å²) in [6.45, 7) is 4.48. The lowest BCUT2D eigenvalue weighted by Crippen LogP contribution is -2.10. The van der Waals surface area contributed by atoms with Crippen molar-refractivity contribution in [3.8, 4) is 0 Å². The van der Waals surface area contributed by atoms with Gasteiger partial charge in [-0.25, -0.2) is 0 Å². The molecule has 0 spiro atoms. The van der Waals surface area contributed by atoms with Crippen LogP contribution in [-0.2, 0) is 12.8 Å². The van der Waals surface area contributed by atoms with Gasteiger partial charge in [-0.1, -0.05) is 38.1 Å². The van der Waals surface area contributed by atoms with Crippen molar-refractivity contribution in [1.29, 1.82) is 0 Å². The molecule has 19 heavy (non-hydrogen) atoms. The van der Waals surface area contributed by atoms with Gasteiger partial charge in [-0.2, -0.15) is 0 Å². The van der Waals surface area contributed by atoms with E-state index in [2.05, 4.69) is 44.2 Å². The molecule has 3 rings (SSSR count). The van der Waals surface area contributed by atoms with Gasteiger partial charge >= 0.3 is 0 Å². The van der Waals surface area contributed by atoms with Crippen LogP contribution in [0, 0.1) is 5.92 Å². The molecule has 1 nitrogen and oxygen atoms in total. The number of benzene rings is 2. The van der Waals surface area contributed by atoms with Crippen molar-refractivity contribution < 1.29 is 4.79 Å². The second-order valence-corrected chi connectivity index (χ2v) is 6.02. The van der Waals surface area contributed by atoms with Crippen molar-refractivity contribution in [3.05, 3.63) is 47.0 Å². The summed E-state index contributed by atoms with van der Waals surface area (Å²) in [4.78, 5) is 12.1. The Kier molecular flexibility index (Phi) is 3.14. The standard InChI is InChI=1S/C18H20O/c1-12(2)9-13-5-3-6-14-10-15-7-4-8-18(19)17(15)11-16(13)14/h3,5-6,10-12H,4,7-9H2,1-2H3. The van der Waals surface area contributed by atoms with Crippen LogP contribution in [0.15, 0.2) is 30.3 Å². The van der Waals surface area contributed by atoms with Gasteiger partial charge in [0.1, 0.15) is 0 Å². The third-order valence-electron chi connectivity index (χ3n) is 3.97. The number of hydrogen-bond donors (Lipinski definition) is 0. The smallest absolute Gasteiger partial charge is 0.163 e. The quantitative estimate of drug-likeness (QED) is 0.766. The van der Waals surface area contributed by atoms with Crippen molar-refractivity contribution >= 4 is 16.6 Å². The topological polar surface area (TPSA) is 17.1 Å². The minimum Gasteiger partial charge on any atom is -0.294 e. The SMILES string of the molecule is CC(C)Cc1cccc2cc3c(cc12)C(=O)CCC3. The van der Waals surface area contributed by atoms with Crippen LogP contribution in [0.3, 0.4) is 0 Å². The molecule has 2 aromatic rings. The molecule has 0 N–H and O–H groups in total. The molecule has 98 valence electrons. The monoisotopic (exact) mass is 252 g/mol. The van der Waals surface area contributed by atoms with Gasteiger partial charge in [0.15, 0.2) is 5.78 Å². The number of aryl methyl sites for hydroxylation is 1. The second kappa shape index (κ2) is 4.80. The van der Waals surface area contributed by atoms with Crippen LogP contribution in [0.5, 0.6) is 0 Å². The van der Waals surface area contributed by atoms with Crippen molar-refractivity contribution in [2.45, 2.75) is 39.5 Å². The molecule has 1 heteroatoms. The Hall–Kier alpha value is -1.63. The maximum atomic E-state index is 12.1. The van der Waals surface area contributed by atoms with Gasteiger partial charge in [0.05, 0.1) is 0 Å². The minimum absolute atomic E-state index is 0.322. The van der Waals surface area contributed by atoms with E-state index in [1.165, 1.54) is 21.9 Å². The average molecular weight is 252 g/mol. The highest BCUT2D eigenvalue weighted by molar-refractivity contribution is 6.03. The van der Waals surface area contributed by atoms with Gasteiger partial charge < -0.3 is 0 Å². The van der Waals surface area contributed by atoms with Gasteiger partial charge in [-0.3, -0.25) is 4.79 Å². The van der Waals surface area contributed by atoms with E-state index < -0.39 is 0 Å². The molecule has 0 aliphatic heterocycles. The first-order chi connectivity index (χ1) is 9.15. The lowest BCUT2D eigenvalue weighted by Gasteiger charge is -2.17. The molecule has 1 aliphatic carbocycles. The van der Waals surface area contributed by atoms with E-state index in [9.17, 15) is 4.79 Å². The second-order valence-electron chi connectivity index (χ2n) is 6.02. The first-order valence-electron chi connectivity index (χ1n) is 7.23. The number of Topliss-reactive ketones (excluding diaryl/α,β-unsaturated/α-hetero) is 1. The summed E-state index contributed by atoms with van der Waals surface area (Å²) in [7, 11) is 0. The average Bonchev–Trinajstić information content (AvgIpc) is 2.37. The minimum atomic E-state index is 0.322. The number of carbonyl (C=O) groups is 1. The zero-order valence-corrected chi connectivity index (χ0v) is 11.7. The normalized spacial score (nSPS) is 15.0. The molecule has 0 saturated heterocycles. The Morgan fingerprint density at radius 2 is 2.00 bits per heavy atom. The Bertz CT molecular complexity index is 637. The van der Waals surface area contributed by atoms with E-state index in [0.717, 1.165) is 24.8 Å². The van der Waals surface area contributed by atoms with Crippen LogP contribution in [0.1, 0.15) is 48.2 Å². The molecule has 2 aromatic carbocycles. The number of rotatable bonds is 2. The Morgan fingerprint density at radius 3 is 2.79 bits per heavy atom. The van der Waals surface area contributed by atoms with Crippen LogP contribution in [0.2, 0.25) is 0 Å². The van der Waals surface area contributed by atoms with E-state index in [4.69, 9.17) is 0 Å². The fourth-order valence-electron chi connectivity index (χ4n) is 3.10. The van der Waals surface area contributed by atoms with Crippen LogP contribution in [-0.4, -0.2) is 5.78 Å². The van der Waals surface area contributed by atoms with Gasteiger partial charge in [-0.15, -0.1) is 0 Å². The predicted octanol–water partition coefficient (Wildman–Crippen LogP) is 4.56. The molecule has 0 amide bonds. The Balaban J connectivity index is 2.20. The van der Waals surface area contributed by atoms with Crippen molar-refractivity contribution in [2.75, 3.05) is 0 Å². The highest BCUT2D eigenvalue weighted by Gasteiger charge is 2.18. The fraction of sp³-hybridized carbons (Fsp3) is 0.389. The fourth-order valence-corrected chi connectivity index (χ4v) is 3.10. The molecule has 1 aliphatic rings. The van der Waals surface area contributed by atoms with Crippen molar-refractivity contribution in [2.24, 2.45) is 5.92 Å². The van der Waals surface area contributed by atoms with Crippen LogP contribution >= 0.6 is 0 Å².